The summed E-state index contributed by atoms with van der Waals surface area (Å²) >= 11 is 2.17. The molecule has 4 rings (SSSR count). The Labute approximate surface area is 224 Å². The number of halogens is 1. The van der Waals surface area contributed by atoms with Crippen molar-refractivity contribution in [3.63, 3.8) is 0 Å². The Morgan fingerprint density at radius 3 is 2.69 bits per heavy atom. The molecular weight excluding hydrogens is 565 g/mol. The predicted octanol–water partition coefficient (Wildman–Crippen LogP) is 5.93. The van der Waals surface area contributed by atoms with Crippen molar-refractivity contribution in [3.05, 3.63) is 98.3 Å². The minimum absolute atomic E-state index is 0.0279. The molecule has 7 heteroatoms. The number of ether oxygens (including phenoxy) is 2. The van der Waals surface area contributed by atoms with Crippen LogP contribution in [-0.2, 0) is 17.8 Å². The van der Waals surface area contributed by atoms with Crippen LogP contribution in [0.25, 0.3) is 17.0 Å². The molecule has 0 fully saturated rings. The van der Waals surface area contributed by atoms with Crippen molar-refractivity contribution < 1.29 is 14.3 Å². The summed E-state index contributed by atoms with van der Waals surface area (Å²) < 4.78 is 12.4. The van der Waals surface area contributed by atoms with Gasteiger partial charge in [-0.25, -0.2) is 0 Å². The topological polar surface area (TPSA) is 87.1 Å². The first-order chi connectivity index (χ1) is 17.5. The molecule has 0 aliphatic heterocycles. The lowest BCUT2D eigenvalue weighted by Gasteiger charge is -2.14. The first kappa shape index (κ1) is 25.3. The Kier molecular flexibility index (Phi) is 8.28. The van der Waals surface area contributed by atoms with Gasteiger partial charge in [0.1, 0.15) is 18.2 Å². The Morgan fingerprint density at radius 2 is 1.94 bits per heavy atom. The van der Waals surface area contributed by atoms with Gasteiger partial charge in [-0.15, -0.1) is 0 Å². The van der Waals surface area contributed by atoms with E-state index in [0.717, 1.165) is 25.6 Å². The normalized spacial score (nSPS) is 11.2. The lowest BCUT2D eigenvalue weighted by molar-refractivity contribution is -0.117. The predicted molar refractivity (Wildman–Crippen MR) is 150 cm³/mol. The fourth-order valence-electron chi connectivity index (χ4n) is 3.86. The maximum atomic E-state index is 12.7. The molecule has 1 aromatic heterocycles. The van der Waals surface area contributed by atoms with Crippen molar-refractivity contribution in [1.29, 1.82) is 5.26 Å². The number of aromatic amines is 1. The van der Waals surface area contributed by atoms with Gasteiger partial charge in [0.15, 0.2) is 11.5 Å². The van der Waals surface area contributed by atoms with E-state index in [1.165, 1.54) is 5.56 Å². The summed E-state index contributed by atoms with van der Waals surface area (Å²) in [6.45, 7) is 2.87. The first-order valence-corrected chi connectivity index (χ1v) is 12.6. The van der Waals surface area contributed by atoms with Crippen LogP contribution in [0.4, 0.5) is 0 Å². The van der Waals surface area contributed by atoms with Gasteiger partial charge in [0.25, 0.3) is 5.91 Å². The molecule has 0 aliphatic rings. The van der Waals surface area contributed by atoms with Crippen molar-refractivity contribution in [3.8, 4) is 17.6 Å². The van der Waals surface area contributed by atoms with Crippen LogP contribution in [0.1, 0.15) is 22.3 Å². The van der Waals surface area contributed by atoms with Gasteiger partial charge in [0.2, 0.25) is 0 Å². The molecule has 1 amide bonds. The summed E-state index contributed by atoms with van der Waals surface area (Å²) in [5.74, 6) is 0.751. The van der Waals surface area contributed by atoms with E-state index in [1.54, 1.807) is 19.3 Å². The number of H-pyrrole nitrogens is 1. The number of nitrogens with zero attached hydrogens (tertiary/aromatic N) is 1. The zero-order valence-corrected chi connectivity index (χ0v) is 22.3. The number of nitriles is 1. The molecule has 6 nitrogen and oxygen atoms in total. The van der Waals surface area contributed by atoms with Gasteiger partial charge in [-0.05, 0) is 76.9 Å². The highest BCUT2D eigenvalue weighted by Gasteiger charge is 2.14. The number of hydrogen-bond donors (Lipinski definition) is 2. The lowest BCUT2D eigenvalue weighted by Crippen LogP contribution is -2.26. The molecule has 2 N–H and O–H groups in total. The maximum Gasteiger partial charge on any atom is 0.261 e. The standard InChI is InChI=1S/C29H26IN3O3/c1-19-7-9-20(10-8-19)18-36-28-25(30)14-21(15-27(28)35-2)13-23(16-31)29(34)32-12-11-22-17-33-26-6-4-3-5-24(22)26/h3-10,13-15,17,33H,11-12,18H2,1-2H3,(H,32,34)/b23-13-. The van der Waals surface area contributed by atoms with E-state index in [0.29, 0.717) is 36.6 Å². The van der Waals surface area contributed by atoms with Crippen molar-refractivity contribution in [2.24, 2.45) is 0 Å². The van der Waals surface area contributed by atoms with E-state index in [9.17, 15) is 10.1 Å². The fraction of sp³-hybridized carbons (Fsp3) is 0.172. The Hall–Kier alpha value is -3.77. The molecular formula is C29H26IN3O3. The van der Waals surface area contributed by atoms with Crippen LogP contribution in [0.15, 0.2) is 72.4 Å². The van der Waals surface area contributed by atoms with Crippen LogP contribution in [0.2, 0.25) is 0 Å². The van der Waals surface area contributed by atoms with Gasteiger partial charge in [-0.3, -0.25) is 4.79 Å². The number of carbonyl (C=O) groups is 1. The second kappa shape index (κ2) is 11.8. The summed E-state index contributed by atoms with van der Waals surface area (Å²) in [5.41, 5.74) is 5.14. The number of para-hydroxylation sites is 1. The van der Waals surface area contributed by atoms with Crippen LogP contribution < -0.4 is 14.8 Å². The van der Waals surface area contributed by atoms with Gasteiger partial charge in [0.05, 0.1) is 10.7 Å². The van der Waals surface area contributed by atoms with E-state index < -0.39 is 5.91 Å². The highest BCUT2D eigenvalue weighted by atomic mass is 127. The molecule has 0 saturated heterocycles. The zero-order valence-electron chi connectivity index (χ0n) is 20.1. The van der Waals surface area contributed by atoms with Crippen LogP contribution >= 0.6 is 22.6 Å². The molecule has 0 radical (unpaired) electrons. The van der Waals surface area contributed by atoms with E-state index in [4.69, 9.17) is 9.47 Å². The number of hydrogen-bond acceptors (Lipinski definition) is 4. The molecule has 0 aliphatic carbocycles. The highest BCUT2D eigenvalue weighted by molar-refractivity contribution is 14.1. The highest BCUT2D eigenvalue weighted by Crippen LogP contribution is 2.35. The molecule has 36 heavy (non-hydrogen) atoms. The van der Waals surface area contributed by atoms with Gasteiger partial charge in [-0.1, -0.05) is 48.0 Å². The van der Waals surface area contributed by atoms with E-state index in [2.05, 4.69) is 32.9 Å². The quantitative estimate of drug-likeness (QED) is 0.144. The summed E-state index contributed by atoms with van der Waals surface area (Å²) in [6, 6.07) is 21.8. The number of nitrogens with one attached hydrogen (secondary N) is 2. The average Bonchev–Trinajstić information content (AvgIpc) is 3.30. The van der Waals surface area contributed by atoms with Crippen LogP contribution in [0.3, 0.4) is 0 Å². The van der Waals surface area contributed by atoms with Crippen molar-refractivity contribution in [1.82, 2.24) is 10.3 Å². The minimum Gasteiger partial charge on any atom is -0.493 e. The Bertz CT molecular complexity index is 1450. The van der Waals surface area contributed by atoms with Crippen LogP contribution in [-0.4, -0.2) is 24.5 Å². The summed E-state index contributed by atoms with van der Waals surface area (Å²) in [4.78, 5) is 15.9. The average molecular weight is 591 g/mol. The van der Waals surface area contributed by atoms with Crippen molar-refractivity contribution in [2.75, 3.05) is 13.7 Å². The molecule has 0 saturated carbocycles. The number of amides is 1. The number of benzene rings is 3. The smallest absolute Gasteiger partial charge is 0.261 e. The zero-order chi connectivity index (χ0) is 25.5. The SMILES string of the molecule is COc1cc(/C=C(/C#N)C(=O)NCCc2c[nH]c3ccccc23)cc(I)c1OCc1ccc(C)cc1. The second-order valence-corrected chi connectivity index (χ2v) is 9.51. The largest absolute Gasteiger partial charge is 0.493 e. The monoisotopic (exact) mass is 591 g/mol. The van der Waals surface area contributed by atoms with Gasteiger partial charge < -0.3 is 19.8 Å². The third kappa shape index (κ3) is 6.07. The summed E-state index contributed by atoms with van der Waals surface area (Å²) in [6.07, 6.45) is 4.18. The van der Waals surface area contributed by atoms with Gasteiger partial charge >= 0.3 is 0 Å². The maximum absolute atomic E-state index is 12.7. The molecule has 4 aromatic rings. The summed E-state index contributed by atoms with van der Waals surface area (Å²) in [7, 11) is 1.57. The number of fused-ring (bicyclic) bond motifs is 1. The van der Waals surface area contributed by atoms with E-state index in [-0.39, 0.29) is 5.57 Å². The van der Waals surface area contributed by atoms with E-state index >= 15 is 0 Å². The number of methoxy groups -OCH3 is 1. The third-order valence-electron chi connectivity index (χ3n) is 5.79. The molecule has 0 spiro atoms. The molecule has 0 unspecified atom stereocenters. The van der Waals surface area contributed by atoms with Gasteiger partial charge in [0, 0.05) is 23.6 Å². The van der Waals surface area contributed by atoms with Crippen LogP contribution in [0.5, 0.6) is 11.5 Å². The third-order valence-corrected chi connectivity index (χ3v) is 6.59. The lowest BCUT2D eigenvalue weighted by atomic mass is 10.1. The van der Waals surface area contributed by atoms with Crippen molar-refractivity contribution >= 4 is 45.5 Å². The van der Waals surface area contributed by atoms with Crippen LogP contribution in [0, 0.1) is 21.8 Å². The van der Waals surface area contributed by atoms with E-state index in [1.807, 2.05) is 73.8 Å². The first-order valence-electron chi connectivity index (χ1n) is 11.5. The molecule has 182 valence electrons. The minimum atomic E-state index is -0.411. The summed E-state index contributed by atoms with van der Waals surface area (Å²) in [5, 5.41) is 13.6. The Morgan fingerprint density at radius 1 is 1.17 bits per heavy atom. The second-order valence-electron chi connectivity index (χ2n) is 8.34. The van der Waals surface area contributed by atoms with Crippen molar-refractivity contribution in [2.45, 2.75) is 20.0 Å². The number of carbonyl (C=O) groups excluding carboxylic acids is 1. The number of aromatic nitrogens is 1. The molecule has 0 bridgehead atoms. The Balaban J connectivity index is 1.43. The molecule has 0 atom stereocenters. The number of aryl methyl sites for hydroxylation is 1. The molecule has 3 aromatic carbocycles. The molecule has 1 heterocycles. The fourth-order valence-corrected chi connectivity index (χ4v) is 4.64. The number of rotatable bonds is 9. The van der Waals surface area contributed by atoms with Gasteiger partial charge in [-0.2, -0.15) is 5.26 Å².